The molecule has 1 aliphatic rings. The van der Waals surface area contributed by atoms with Crippen LogP contribution in [0.4, 0.5) is 5.13 Å². The summed E-state index contributed by atoms with van der Waals surface area (Å²) >= 11 is 1.27. The van der Waals surface area contributed by atoms with Gasteiger partial charge < -0.3 is 15.4 Å². The van der Waals surface area contributed by atoms with Gasteiger partial charge >= 0.3 is 0 Å². The third kappa shape index (κ3) is 3.64. The summed E-state index contributed by atoms with van der Waals surface area (Å²) in [4.78, 5) is 11.8. The van der Waals surface area contributed by atoms with E-state index >= 15 is 0 Å². The highest BCUT2D eigenvalue weighted by atomic mass is 32.1. The van der Waals surface area contributed by atoms with Crippen LogP contribution in [0.3, 0.4) is 0 Å². The summed E-state index contributed by atoms with van der Waals surface area (Å²) < 4.78 is 5.49. The van der Waals surface area contributed by atoms with Crippen LogP contribution < -0.4 is 10.6 Å². The topological polar surface area (TPSA) is 76.1 Å². The summed E-state index contributed by atoms with van der Waals surface area (Å²) in [6, 6.07) is 0. The quantitative estimate of drug-likeness (QED) is 0.814. The van der Waals surface area contributed by atoms with Gasteiger partial charge in [-0.05, 0) is 26.2 Å². The van der Waals surface area contributed by atoms with Crippen molar-refractivity contribution in [2.45, 2.75) is 32.3 Å². The maximum Gasteiger partial charge on any atom is 0.282 e. The number of amides is 1. The van der Waals surface area contributed by atoms with Crippen LogP contribution in [-0.2, 0) is 4.74 Å². The zero-order valence-electron chi connectivity index (χ0n) is 10.4. The van der Waals surface area contributed by atoms with Crippen molar-refractivity contribution in [1.82, 2.24) is 15.5 Å². The molecule has 2 rings (SSSR count). The first-order valence-electron chi connectivity index (χ1n) is 6.26. The Kier molecular flexibility index (Phi) is 4.89. The van der Waals surface area contributed by atoms with Gasteiger partial charge in [0.25, 0.3) is 5.91 Å². The third-order valence-corrected chi connectivity index (χ3v) is 3.60. The molecule has 2 heterocycles. The Hall–Kier alpha value is -1.21. The molecule has 7 heteroatoms. The molecule has 1 fully saturated rings. The molecule has 6 nitrogen and oxygen atoms in total. The van der Waals surface area contributed by atoms with E-state index in [4.69, 9.17) is 4.74 Å². The largest absolute Gasteiger partial charge is 0.378 e. The van der Waals surface area contributed by atoms with Crippen molar-refractivity contribution in [3.8, 4) is 0 Å². The van der Waals surface area contributed by atoms with Gasteiger partial charge in [0, 0.05) is 19.7 Å². The number of hydrogen-bond donors (Lipinski definition) is 2. The van der Waals surface area contributed by atoms with Gasteiger partial charge in [-0.3, -0.25) is 4.79 Å². The molecule has 1 unspecified atom stereocenters. The zero-order valence-corrected chi connectivity index (χ0v) is 11.3. The molecular formula is C11H18N4O2S. The van der Waals surface area contributed by atoms with E-state index in [0.717, 1.165) is 32.4 Å². The Morgan fingerprint density at radius 2 is 2.44 bits per heavy atom. The average molecular weight is 270 g/mol. The van der Waals surface area contributed by atoms with Gasteiger partial charge in [-0.1, -0.05) is 11.3 Å². The molecular weight excluding hydrogens is 252 g/mol. The number of hydrogen-bond acceptors (Lipinski definition) is 6. The minimum atomic E-state index is -0.158. The molecule has 1 aromatic heterocycles. The fourth-order valence-electron chi connectivity index (χ4n) is 1.83. The lowest BCUT2D eigenvalue weighted by atomic mass is 10.2. The van der Waals surface area contributed by atoms with Crippen molar-refractivity contribution in [3.05, 3.63) is 5.01 Å². The van der Waals surface area contributed by atoms with Gasteiger partial charge in [0.2, 0.25) is 10.1 Å². The molecule has 1 amide bonds. The lowest BCUT2D eigenvalue weighted by Gasteiger charge is -2.08. The van der Waals surface area contributed by atoms with Crippen LogP contribution in [0.2, 0.25) is 0 Å². The van der Waals surface area contributed by atoms with Crippen LogP contribution in [0, 0.1) is 0 Å². The van der Waals surface area contributed by atoms with E-state index < -0.39 is 0 Å². The fraction of sp³-hybridized carbons (Fsp3) is 0.727. The van der Waals surface area contributed by atoms with Crippen molar-refractivity contribution < 1.29 is 9.53 Å². The lowest BCUT2D eigenvalue weighted by Crippen LogP contribution is -2.26. The van der Waals surface area contributed by atoms with E-state index in [1.54, 1.807) is 0 Å². The number of nitrogens with one attached hydrogen (secondary N) is 2. The second-order valence-corrected chi connectivity index (χ2v) is 5.10. The third-order valence-electron chi connectivity index (χ3n) is 2.72. The first-order chi connectivity index (χ1) is 8.79. The van der Waals surface area contributed by atoms with Crippen molar-refractivity contribution in [3.63, 3.8) is 0 Å². The predicted octanol–water partition coefficient (Wildman–Crippen LogP) is 1.27. The zero-order chi connectivity index (χ0) is 12.8. The van der Waals surface area contributed by atoms with Gasteiger partial charge in [-0.25, -0.2) is 0 Å². The molecule has 100 valence electrons. The second-order valence-electron chi connectivity index (χ2n) is 4.12. The Balaban J connectivity index is 1.72. The number of anilines is 1. The van der Waals surface area contributed by atoms with Crippen LogP contribution in [0.25, 0.3) is 0 Å². The van der Waals surface area contributed by atoms with Gasteiger partial charge in [0.15, 0.2) is 0 Å². The maximum absolute atomic E-state index is 11.8. The molecule has 1 aliphatic heterocycles. The number of carbonyl (C=O) groups excluding carboxylic acids is 1. The molecule has 0 saturated carbocycles. The van der Waals surface area contributed by atoms with Gasteiger partial charge in [-0.2, -0.15) is 0 Å². The molecule has 0 aromatic carbocycles. The smallest absolute Gasteiger partial charge is 0.282 e. The monoisotopic (exact) mass is 270 g/mol. The first-order valence-corrected chi connectivity index (χ1v) is 7.08. The first kappa shape index (κ1) is 13.2. The van der Waals surface area contributed by atoms with Gasteiger partial charge in [0.1, 0.15) is 0 Å². The average Bonchev–Trinajstić information content (AvgIpc) is 3.00. The molecule has 0 radical (unpaired) electrons. The van der Waals surface area contributed by atoms with Crippen LogP contribution >= 0.6 is 11.3 Å². The number of ether oxygens (including phenoxy) is 1. The van der Waals surface area contributed by atoms with E-state index in [1.807, 2.05) is 6.92 Å². The summed E-state index contributed by atoms with van der Waals surface area (Å²) in [5.41, 5.74) is 0. The van der Waals surface area contributed by atoms with E-state index in [2.05, 4.69) is 20.8 Å². The number of rotatable bonds is 6. The molecule has 18 heavy (non-hydrogen) atoms. The summed E-state index contributed by atoms with van der Waals surface area (Å²) in [7, 11) is 0. The molecule has 1 aromatic rings. The van der Waals surface area contributed by atoms with Gasteiger partial charge in [-0.15, -0.1) is 10.2 Å². The highest BCUT2D eigenvalue weighted by Crippen LogP contribution is 2.16. The Labute approximate surface area is 110 Å². The predicted molar refractivity (Wildman–Crippen MR) is 70.0 cm³/mol. The van der Waals surface area contributed by atoms with Crippen LogP contribution in [0.5, 0.6) is 0 Å². The number of carbonyl (C=O) groups is 1. The molecule has 2 N–H and O–H groups in total. The molecule has 1 saturated heterocycles. The van der Waals surface area contributed by atoms with Crippen molar-refractivity contribution in [1.29, 1.82) is 0 Å². The Morgan fingerprint density at radius 3 is 3.17 bits per heavy atom. The molecule has 0 aliphatic carbocycles. The Bertz CT molecular complexity index is 390. The van der Waals surface area contributed by atoms with E-state index in [9.17, 15) is 4.79 Å². The second kappa shape index (κ2) is 6.65. The number of nitrogens with zero attached hydrogens (tertiary/aromatic N) is 2. The van der Waals surface area contributed by atoms with Crippen molar-refractivity contribution in [2.75, 3.05) is 25.0 Å². The highest BCUT2D eigenvalue weighted by Gasteiger charge is 2.16. The molecule has 0 spiro atoms. The SMILES string of the molecule is CCNc1nnc(C(=O)NCCC2CCCO2)s1. The number of aromatic nitrogens is 2. The summed E-state index contributed by atoms with van der Waals surface area (Å²) in [5.74, 6) is -0.158. The maximum atomic E-state index is 11.8. The fourth-order valence-corrected chi connectivity index (χ4v) is 2.56. The van der Waals surface area contributed by atoms with Crippen LogP contribution in [0.1, 0.15) is 36.0 Å². The minimum Gasteiger partial charge on any atom is -0.378 e. The normalized spacial score (nSPS) is 18.8. The van der Waals surface area contributed by atoms with Crippen molar-refractivity contribution in [2.24, 2.45) is 0 Å². The summed E-state index contributed by atoms with van der Waals surface area (Å²) in [6.07, 6.45) is 3.39. The summed E-state index contributed by atoms with van der Waals surface area (Å²) in [6.45, 7) is 4.22. The molecule has 0 bridgehead atoms. The van der Waals surface area contributed by atoms with E-state index in [-0.39, 0.29) is 5.91 Å². The highest BCUT2D eigenvalue weighted by molar-refractivity contribution is 7.17. The van der Waals surface area contributed by atoms with E-state index in [1.165, 1.54) is 11.3 Å². The Morgan fingerprint density at radius 1 is 1.56 bits per heavy atom. The summed E-state index contributed by atoms with van der Waals surface area (Å²) in [5, 5.41) is 14.7. The lowest BCUT2D eigenvalue weighted by molar-refractivity contribution is 0.0906. The van der Waals surface area contributed by atoms with Crippen molar-refractivity contribution >= 4 is 22.4 Å². The van der Waals surface area contributed by atoms with Gasteiger partial charge in [0.05, 0.1) is 6.10 Å². The van der Waals surface area contributed by atoms with Crippen LogP contribution in [-0.4, -0.2) is 41.9 Å². The minimum absolute atomic E-state index is 0.158. The van der Waals surface area contributed by atoms with E-state index in [0.29, 0.717) is 22.8 Å². The standard InChI is InChI=1S/C11H18N4O2S/c1-2-12-11-15-14-10(18-11)9(16)13-6-5-8-4-3-7-17-8/h8H,2-7H2,1H3,(H,12,15)(H,13,16). The molecule has 1 atom stereocenters. The van der Waals surface area contributed by atoms with Crippen LogP contribution in [0.15, 0.2) is 0 Å².